The number of amides is 2. The lowest BCUT2D eigenvalue weighted by Gasteiger charge is -2.35. The summed E-state index contributed by atoms with van der Waals surface area (Å²) in [6.45, 7) is 3.25. The topological polar surface area (TPSA) is 79.5 Å². The number of nitrogens with one attached hydrogen (secondary N) is 3. The van der Waals surface area contributed by atoms with Crippen LogP contribution < -0.4 is 16.0 Å². The number of carbonyl (C=O) groups excluding carboxylic acids is 2. The third-order valence-electron chi connectivity index (χ3n) is 4.13. The number of methoxy groups -OCH3 is 1. The summed E-state index contributed by atoms with van der Waals surface area (Å²) in [5, 5.41) is 11.0. The second-order valence-electron chi connectivity index (χ2n) is 5.81. The molecule has 2 heterocycles. The number of ether oxygens (including phenoxy) is 1. The highest BCUT2D eigenvalue weighted by molar-refractivity contribution is 7.12. The molecule has 1 saturated heterocycles. The molecule has 6 nitrogen and oxygen atoms in total. The van der Waals surface area contributed by atoms with Gasteiger partial charge in [-0.3, -0.25) is 9.59 Å². The van der Waals surface area contributed by atoms with Crippen LogP contribution in [0.4, 0.5) is 0 Å². The maximum absolute atomic E-state index is 12.5. The van der Waals surface area contributed by atoms with Crippen molar-refractivity contribution >= 4 is 35.6 Å². The zero-order chi connectivity index (χ0) is 16.5. The Hall–Kier alpha value is -1.15. The van der Waals surface area contributed by atoms with Crippen molar-refractivity contribution in [3.8, 4) is 0 Å². The summed E-state index contributed by atoms with van der Waals surface area (Å²) in [5.74, 6) is 0.00553. The highest BCUT2D eigenvalue weighted by atomic mass is 35.5. The summed E-state index contributed by atoms with van der Waals surface area (Å²) in [5.41, 5.74) is -0.416. The number of halogens is 1. The van der Waals surface area contributed by atoms with E-state index >= 15 is 0 Å². The van der Waals surface area contributed by atoms with Gasteiger partial charge in [-0.2, -0.15) is 0 Å². The molecule has 1 aromatic rings. The maximum Gasteiger partial charge on any atom is 0.261 e. The van der Waals surface area contributed by atoms with E-state index in [-0.39, 0.29) is 24.2 Å². The van der Waals surface area contributed by atoms with Crippen LogP contribution in [0.3, 0.4) is 0 Å². The van der Waals surface area contributed by atoms with Crippen molar-refractivity contribution in [2.75, 3.05) is 39.9 Å². The molecule has 24 heavy (non-hydrogen) atoms. The van der Waals surface area contributed by atoms with Gasteiger partial charge in [0.1, 0.15) is 0 Å². The van der Waals surface area contributed by atoms with Gasteiger partial charge in [0.15, 0.2) is 0 Å². The largest absolute Gasteiger partial charge is 0.384 e. The van der Waals surface area contributed by atoms with Crippen LogP contribution in [0.1, 0.15) is 28.9 Å². The zero-order valence-corrected chi connectivity index (χ0v) is 15.6. The molecule has 1 aliphatic rings. The highest BCUT2D eigenvalue weighted by Gasteiger charge is 2.39. The normalized spacial score (nSPS) is 16.0. The molecule has 136 valence electrons. The van der Waals surface area contributed by atoms with Gasteiger partial charge in [-0.25, -0.2) is 0 Å². The first kappa shape index (κ1) is 20.9. The van der Waals surface area contributed by atoms with Crippen LogP contribution in [-0.2, 0) is 9.53 Å². The van der Waals surface area contributed by atoms with Crippen molar-refractivity contribution in [3.05, 3.63) is 22.4 Å². The Labute approximate surface area is 153 Å². The van der Waals surface area contributed by atoms with E-state index < -0.39 is 5.41 Å². The van der Waals surface area contributed by atoms with E-state index in [9.17, 15) is 9.59 Å². The van der Waals surface area contributed by atoms with E-state index in [1.807, 2.05) is 11.4 Å². The van der Waals surface area contributed by atoms with Crippen molar-refractivity contribution < 1.29 is 14.3 Å². The molecular formula is C16H26ClN3O3S. The summed E-state index contributed by atoms with van der Waals surface area (Å²) >= 11 is 1.42. The van der Waals surface area contributed by atoms with Gasteiger partial charge in [0.25, 0.3) is 5.91 Å². The number of rotatable bonds is 8. The summed E-state index contributed by atoms with van der Waals surface area (Å²) in [7, 11) is 1.64. The molecule has 0 atom stereocenters. The molecule has 8 heteroatoms. The lowest BCUT2D eigenvalue weighted by atomic mass is 9.78. The first-order valence-electron chi connectivity index (χ1n) is 7.98. The monoisotopic (exact) mass is 375 g/mol. The first-order valence-corrected chi connectivity index (χ1v) is 8.85. The number of hydrogen-bond donors (Lipinski definition) is 3. The lowest BCUT2D eigenvalue weighted by Crippen LogP contribution is -2.50. The van der Waals surface area contributed by atoms with E-state index in [0.29, 0.717) is 31.0 Å². The molecule has 0 aromatic carbocycles. The summed E-state index contributed by atoms with van der Waals surface area (Å²) in [6, 6.07) is 3.65. The predicted octanol–water partition coefficient (Wildman–Crippen LogP) is 1.42. The van der Waals surface area contributed by atoms with Crippen LogP contribution in [0.25, 0.3) is 0 Å². The third-order valence-corrected chi connectivity index (χ3v) is 5.00. The zero-order valence-electron chi connectivity index (χ0n) is 13.9. The summed E-state index contributed by atoms with van der Waals surface area (Å²) in [6.07, 6.45) is 2.30. The Balaban J connectivity index is 0.00000288. The van der Waals surface area contributed by atoms with Crippen molar-refractivity contribution in [2.24, 2.45) is 5.41 Å². The smallest absolute Gasteiger partial charge is 0.261 e. The molecule has 0 aliphatic carbocycles. The second-order valence-corrected chi connectivity index (χ2v) is 6.75. The average Bonchev–Trinajstić information content (AvgIpc) is 3.10. The molecule has 0 radical (unpaired) electrons. The van der Waals surface area contributed by atoms with Gasteiger partial charge >= 0.3 is 0 Å². The molecule has 0 unspecified atom stereocenters. The van der Waals surface area contributed by atoms with Crippen molar-refractivity contribution in [2.45, 2.75) is 19.3 Å². The molecular weight excluding hydrogens is 350 g/mol. The van der Waals surface area contributed by atoms with Gasteiger partial charge in [0.2, 0.25) is 5.91 Å². The Morgan fingerprint density at radius 3 is 2.62 bits per heavy atom. The number of piperidine rings is 1. The van der Waals surface area contributed by atoms with Crippen LogP contribution in [0.15, 0.2) is 17.5 Å². The van der Waals surface area contributed by atoms with Crippen LogP contribution in [0.2, 0.25) is 0 Å². The van der Waals surface area contributed by atoms with E-state index in [2.05, 4.69) is 16.0 Å². The first-order chi connectivity index (χ1) is 11.2. The molecule has 2 amide bonds. The van der Waals surface area contributed by atoms with Gasteiger partial charge in [-0.05, 0) is 43.8 Å². The molecule has 2 rings (SSSR count). The Morgan fingerprint density at radius 2 is 2.00 bits per heavy atom. The minimum absolute atomic E-state index is 0. The van der Waals surface area contributed by atoms with Crippen molar-refractivity contribution in [1.29, 1.82) is 0 Å². The number of thiophene rings is 1. The van der Waals surface area contributed by atoms with Crippen molar-refractivity contribution in [1.82, 2.24) is 16.0 Å². The Kier molecular flexibility index (Phi) is 9.28. The lowest BCUT2D eigenvalue weighted by molar-refractivity contribution is -0.136. The quantitative estimate of drug-likeness (QED) is 0.600. The van der Waals surface area contributed by atoms with E-state index in [0.717, 1.165) is 25.9 Å². The minimum atomic E-state index is -0.416. The fraction of sp³-hybridized carbons (Fsp3) is 0.625. The fourth-order valence-corrected chi connectivity index (χ4v) is 3.43. The highest BCUT2D eigenvalue weighted by Crippen LogP contribution is 2.29. The van der Waals surface area contributed by atoms with Crippen LogP contribution >= 0.6 is 23.7 Å². The molecule has 1 aliphatic heterocycles. The maximum atomic E-state index is 12.5. The second kappa shape index (κ2) is 10.7. The van der Waals surface area contributed by atoms with Crippen molar-refractivity contribution in [3.63, 3.8) is 0 Å². The van der Waals surface area contributed by atoms with E-state index in [1.54, 1.807) is 13.2 Å². The molecule has 3 N–H and O–H groups in total. The molecule has 0 saturated carbocycles. The number of carbonyl (C=O) groups is 2. The Bertz CT molecular complexity index is 499. The van der Waals surface area contributed by atoms with Gasteiger partial charge in [-0.15, -0.1) is 23.7 Å². The summed E-state index contributed by atoms with van der Waals surface area (Å²) in [4.78, 5) is 25.0. The van der Waals surface area contributed by atoms with E-state index in [1.165, 1.54) is 11.3 Å². The average molecular weight is 376 g/mol. The fourth-order valence-electron chi connectivity index (χ4n) is 2.79. The SMILES string of the molecule is COCC1(C(=O)NCCCNC(=O)c2cccs2)CCNCC1.Cl. The van der Waals surface area contributed by atoms with Gasteiger partial charge in [0, 0.05) is 20.2 Å². The standard InChI is InChI=1S/C16H25N3O3S.ClH/c1-22-12-16(5-9-17-10-6-16)15(21)19-8-3-7-18-14(20)13-4-2-11-23-13;/h2,4,11,17H,3,5-10,12H2,1H3,(H,18,20)(H,19,21);1H. The molecule has 1 aromatic heterocycles. The molecule has 0 spiro atoms. The van der Waals surface area contributed by atoms with Gasteiger partial charge in [0.05, 0.1) is 16.9 Å². The Morgan fingerprint density at radius 1 is 1.29 bits per heavy atom. The molecule has 1 fully saturated rings. The van der Waals surface area contributed by atoms with Crippen LogP contribution in [0, 0.1) is 5.41 Å². The molecule has 0 bridgehead atoms. The number of hydrogen-bond acceptors (Lipinski definition) is 5. The summed E-state index contributed by atoms with van der Waals surface area (Å²) < 4.78 is 5.26. The van der Waals surface area contributed by atoms with Crippen LogP contribution in [0.5, 0.6) is 0 Å². The van der Waals surface area contributed by atoms with E-state index in [4.69, 9.17) is 4.74 Å². The van der Waals surface area contributed by atoms with Gasteiger partial charge < -0.3 is 20.7 Å². The third kappa shape index (κ3) is 5.73. The predicted molar refractivity (Wildman–Crippen MR) is 97.9 cm³/mol. The minimum Gasteiger partial charge on any atom is -0.384 e. The van der Waals surface area contributed by atoms with Gasteiger partial charge in [-0.1, -0.05) is 6.07 Å². The van der Waals surface area contributed by atoms with Crippen LogP contribution in [-0.4, -0.2) is 51.7 Å².